The first-order valence-corrected chi connectivity index (χ1v) is 4.34. The van der Waals surface area contributed by atoms with Crippen molar-refractivity contribution in [1.29, 1.82) is 0 Å². The number of benzene rings is 1. The van der Waals surface area contributed by atoms with Crippen LogP contribution in [0.4, 0.5) is 5.69 Å². The maximum atomic E-state index is 10.5. The maximum absolute atomic E-state index is 10.5. The van der Waals surface area contributed by atoms with E-state index in [0.717, 1.165) is 6.07 Å². The molecule has 0 aliphatic rings. The average molecular weight is 226 g/mol. The number of aliphatic carboxylic acids is 1. The largest absolute Gasteiger partial charge is 0.480 e. The van der Waals surface area contributed by atoms with Crippen LogP contribution < -0.4 is 5.73 Å². The average Bonchev–Trinajstić information content (AvgIpc) is 2.27. The summed E-state index contributed by atoms with van der Waals surface area (Å²) >= 11 is 0. The Morgan fingerprint density at radius 3 is 2.62 bits per heavy atom. The maximum Gasteiger partial charge on any atom is 0.323 e. The first kappa shape index (κ1) is 12.1. The standard InChI is InChI=1S/C9H10N2O5/c10-7(9(13)14)8(12)5-2-1-3-6(4-5)11(15)16/h1-4,7-8,12H,10H2,(H,13,14)/t7-,8+/m0/s1. The summed E-state index contributed by atoms with van der Waals surface area (Å²) in [6.45, 7) is 0. The molecule has 4 N–H and O–H groups in total. The molecule has 1 aromatic rings. The molecule has 86 valence electrons. The molecule has 2 atom stereocenters. The van der Waals surface area contributed by atoms with Gasteiger partial charge in [-0.1, -0.05) is 12.1 Å². The molecule has 0 saturated carbocycles. The van der Waals surface area contributed by atoms with Gasteiger partial charge in [-0.15, -0.1) is 0 Å². The van der Waals surface area contributed by atoms with Gasteiger partial charge in [0.1, 0.15) is 12.1 Å². The van der Waals surface area contributed by atoms with Crippen LogP contribution in [0.2, 0.25) is 0 Å². The summed E-state index contributed by atoms with van der Waals surface area (Å²) in [4.78, 5) is 20.3. The third-order valence-corrected chi connectivity index (χ3v) is 2.05. The van der Waals surface area contributed by atoms with Crippen molar-refractivity contribution in [3.8, 4) is 0 Å². The molecule has 7 nitrogen and oxygen atoms in total. The summed E-state index contributed by atoms with van der Waals surface area (Å²) in [7, 11) is 0. The number of hydrogen-bond donors (Lipinski definition) is 3. The second-order valence-electron chi connectivity index (χ2n) is 3.16. The number of carboxylic acids is 1. The van der Waals surface area contributed by atoms with Gasteiger partial charge in [-0.25, -0.2) is 0 Å². The minimum absolute atomic E-state index is 0.101. The van der Waals surface area contributed by atoms with E-state index in [1.165, 1.54) is 18.2 Å². The molecule has 0 unspecified atom stereocenters. The van der Waals surface area contributed by atoms with Gasteiger partial charge in [0, 0.05) is 12.1 Å². The van der Waals surface area contributed by atoms with Crippen LogP contribution >= 0.6 is 0 Å². The van der Waals surface area contributed by atoms with E-state index in [1.807, 2.05) is 0 Å². The monoisotopic (exact) mass is 226 g/mol. The van der Waals surface area contributed by atoms with Crippen LogP contribution in [0.15, 0.2) is 24.3 Å². The first-order chi connectivity index (χ1) is 7.43. The summed E-state index contributed by atoms with van der Waals surface area (Å²) in [5, 5.41) is 28.6. The molecule has 1 rings (SSSR count). The van der Waals surface area contributed by atoms with Gasteiger partial charge in [-0.05, 0) is 5.56 Å². The highest BCUT2D eigenvalue weighted by Gasteiger charge is 2.24. The zero-order valence-corrected chi connectivity index (χ0v) is 8.11. The molecule has 0 amide bonds. The number of nitro groups is 1. The van der Waals surface area contributed by atoms with Crippen LogP contribution in [0.5, 0.6) is 0 Å². The highest BCUT2D eigenvalue weighted by molar-refractivity contribution is 5.74. The molecule has 1 aromatic carbocycles. The SMILES string of the molecule is N[C@H](C(=O)O)[C@H](O)c1cccc([N+](=O)[O-])c1. The second kappa shape index (κ2) is 4.69. The van der Waals surface area contributed by atoms with Crippen LogP contribution in [-0.2, 0) is 4.79 Å². The Kier molecular flexibility index (Phi) is 3.54. The van der Waals surface area contributed by atoms with Crippen molar-refractivity contribution >= 4 is 11.7 Å². The molecule has 7 heteroatoms. The third kappa shape index (κ3) is 2.53. The highest BCUT2D eigenvalue weighted by Crippen LogP contribution is 2.20. The van der Waals surface area contributed by atoms with Gasteiger partial charge in [0.15, 0.2) is 0 Å². The van der Waals surface area contributed by atoms with Gasteiger partial charge in [-0.3, -0.25) is 14.9 Å². The summed E-state index contributed by atoms with van der Waals surface area (Å²) in [5.41, 5.74) is 5.07. The van der Waals surface area contributed by atoms with Crippen LogP contribution in [0.3, 0.4) is 0 Å². The van der Waals surface area contributed by atoms with Crippen LogP contribution in [0.1, 0.15) is 11.7 Å². The van der Waals surface area contributed by atoms with E-state index < -0.39 is 23.0 Å². The highest BCUT2D eigenvalue weighted by atomic mass is 16.6. The number of nitrogens with zero attached hydrogens (tertiary/aromatic N) is 1. The lowest BCUT2D eigenvalue weighted by Crippen LogP contribution is -2.36. The first-order valence-electron chi connectivity index (χ1n) is 4.34. The molecule has 0 heterocycles. The number of carbonyl (C=O) groups is 1. The fraction of sp³-hybridized carbons (Fsp3) is 0.222. The lowest BCUT2D eigenvalue weighted by atomic mass is 10.0. The van der Waals surface area contributed by atoms with Gasteiger partial charge in [0.05, 0.1) is 4.92 Å². The smallest absolute Gasteiger partial charge is 0.323 e. The lowest BCUT2D eigenvalue weighted by molar-refractivity contribution is -0.385. The van der Waals surface area contributed by atoms with E-state index in [-0.39, 0.29) is 11.3 Å². The molecular weight excluding hydrogens is 216 g/mol. The van der Waals surface area contributed by atoms with Gasteiger partial charge < -0.3 is 15.9 Å². The normalized spacial score (nSPS) is 14.1. The molecule has 0 bridgehead atoms. The quantitative estimate of drug-likeness (QED) is 0.491. The van der Waals surface area contributed by atoms with Gasteiger partial charge in [-0.2, -0.15) is 0 Å². The Morgan fingerprint density at radius 1 is 1.50 bits per heavy atom. The van der Waals surface area contributed by atoms with E-state index in [1.54, 1.807) is 0 Å². The van der Waals surface area contributed by atoms with E-state index in [9.17, 15) is 20.0 Å². The number of aliphatic hydroxyl groups excluding tert-OH is 1. The zero-order chi connectivity index (χ0) is 12.3. The van der Waals surface area contributed by atoms with Gasteiger partial charge >= 0.3 is 5.97 Å². The molecule has 0 spiro atoms. The van der Waals surface area contributed by atoms with Crippen LogP contribution in [-0.4, -0.2) is 27.1 Å². The number of nitro benzene ring substituents is 1. The van der Waals surface area contributed by atoms with Crippen molar-refractivity contribution in [3.63, 3.8) is 0 Å². The Balaban J connectivity index is 3.00. The summed E-state index contributed by atoms with van der Waals surface area (Å²) in [6.07, 6.45) is -1.47. The predicted octanol–water partition coefficient (Wildman–Crippen LogP) is 0.0401. The Labute approximate surface area is 90.3 Å². The van der Waals surface area contributed by atoms with Gasteiger partial charge in [0.25, 0.3) is 5.69 Å². The minimum atomic E-state index is -1.51. The van der Waals surface area contributed by atoms with Crippen molar-refractivity contribution in [2.45, 2.75) is 12.1 Å². The topological polar surface area (TPSA) is 127 Å². The molecule has 0 aromatic heterocycles. The Morgan fingerprint density at radius 2 is 2.12 bits per heavy atom. The number of aliphatic hydroxyl groups is 1. The van der Waals surface area contributed by atoms with E-state index in [0.29, 0.717) is 0 Å². The molecule has 0 radical (unpaired) electrons. The molecule has 0 aliphatic heterocycles. The fourth-order valence-corrected chi connectivity index (χ4v) is 1.16. The summed E-state index contributed by atoms with van der Waals surface area (Å²) in [6, 6.07) is 3.55. The van der Waals surface area contributed by atoms with Crippen molar-refractivity contribution in [2.75, 3.05) is 0 Å². The molecule has 0 aliphatic carbocycles. The zero-order valence-electron chi connectivity index (χ0n) is 8.11. The van der Waals surface area contributed by atoms with E-state index in [4.69, 9.17) is 10.8 Å². The van der Waals surface area contributed by atoms with Gasteiger partial charge in [0.2, 0.25) is 0 Å². The summed E-state index contributed by atoms with van der Waals surface area (Å²) < 4.78 is 0. The van der Waals surface area contributed by atoms with Crippen molar-refractivity contribution in [2.24, 2.45) is 5.73 Å². The Bertz CT molecular complexity index is 420. The van der Waals surface area contributed by atoms with E-state index in [2.05, 4.69) is 0 Å². The number of carboxylic acid groups (broad SMARTS) is 1. The van der Waals surface area contributed by atoms with E-state index >= 15 is 0 Å². The third-order valence-electron chi connectivity index (χ3n) is 2.05. The molecule has 0 saturated heterocycles. The van der Waals surface area contributed by atoms with Crippen molar-refractivity contribution < 1.29 is 19.9 Å². The second-order valence-corrected chi connectivity index (χ2v) is 3.16. The Hall–Kier alpha value is -1.99. The molecule has 0 fully saturated rings. The number of non-ortho nitro benzene ring substituents is 1. The fourth-order valence-electron chi connectivity index (χ4n) is 1.16. The minimum Gasteiger partial charge on any atom is -0.480 e. The van der Waals surface area contributed by atoms with Crippen LogP contribution in [0.25, 0.3) is 0 Å². The number of nitrogens with two attached hydrogens (primary N) is 1. The van der Waals surface area contributed by atoms with Crippen molar-refractivity contribution in [1.82, 2.24) is 0 Å². The molecular formula is C9H10N2O5. The molecule has 16 heavy (non-hydrogen) atoms. The number of hydrogen-bond acceptors (Lipinski definition) is 5. The number of rotatable bonds is 4. The van der Waals surface area contributed by atoms with Crippen LogP contribution in [0, 0.1) is 10.1 Å². The predicted molar refractivity (Wildman–Crippen MR) is 53.7 cm³/mol. The lowest BCUT2D eigenvalue weighted by Gasteiger charge is -2.14. The van der Waals surface area contributed by atoms with Crippen molar-refractivity contribution in [3.05, 3.63) is 39.9 Å². The summed E-state index contributed by atoms with van der Waals surface area (Å²) in [5.74, 6) is -1.38.